The fourth-order valence-electron chi connectivity index (χ4n) is 7.70. The third-order valence-corrected chi connectivity index (χ3v) is 9.16. The lowest BCUT2D eigenvalue weighted by molar-refractivity contribution is -0.118. The first-order valence-corrected chi connectivity index (χ1v) is 15.2. The molecule has 0 spiro atoms. The van der Waals surface area contributed by atoms with E-state index in [9.17, 15) is 9.59 Å². The Morgan fingerprint density at radius 1 is 0.907 bits per heavy atom. The van der Waals surface area contributed by atoms with Crippen LogP contribution >= 0.6 is 0 Å². The second-order valence-electron chi connectivity index (χ2n) is 12.2. The Morgan fingerprint density at radius 3 is 2.30 bits per heavy atom. The van der Waals surface area contributed by atoms with Gasteiger partial charge in [-0.1, -0.05) is 18.2 Å². The highest BCUT2D eigenvalue weighted by molar-refractivity contribution is 5.95. The van der Waals surface area contributed by atoms with Crippen molar-refractivity contribution in [3.8, 4) is 17.2 Å². The Hall–Kier alpha value is -4.33. The average molecular weight is 582 g/mol. The molecule has 0 aliphatic heterocycles. The lowest BCUT2D eigenvalue weighted by Gasteiger charge is -2.57. The van der Waals surface area contributed by atoms with E-state index < -0.39 is 0 Å². The number of rotatable bonds is 11. The Balaban J connectivity index is 1.03. The fraction of sp³-hybridized carbons (Fsp3) is 0.400. The Morgan fingerprint density at radius 2 is 1.63 bits per heavy atom. The first-order chi connectivity index (χ1) is 20.9. The average Bonchev–Trinajstić information content (AvgIpc) is 3.00. The molecule has 224 valence electrons. The van der Waals surface area contributed by atoms with E-state index in [-0.39, 0.29) is 18.4 Å². The van der Waals surface area contributed by atoms with E-state index in [2.05, 4.69) is 28.0 Å². The summed E-state index contributed by atoms with van der Waals surface area (Å²) in [5.41, 5.74) is 6.20. The van der Waals surface area contributed by atoms with Gasteiger partial charge in [-0.25, -0.2) is 5.43 Å². The summed E-state index contributed by atoms with van der Waals surface area (Å²) in [7, 11) is 1.55. The number of ether oxygens (including phenoxy) is 3. The van der Waals surface area contributed by atoms with Crippen molar-refractivity contribution in [3.63, 3.8) is 0 Å². The van der Waals surface area contributed by atoms with E-state index in [0.29, 0.717) is 40.4 Å². The molecule has 0 radical (unpaired) electrons. The van der Waals surface area contributed by atoms with Gasteiger partial charge in [0.1, 0.15) is 5.75 Å². The summed E-state index contributed by atoms with van der Waals surface area (Å²) < 4.78 is 16.7. The van der Waals surface area contributed by atoms with Crippen LogP contribution in [0.2, 0.25) is 0 Å². The molecule has 0 heterocycles. The molecule has 8 heteroatoms. The molecule has 43 heavy (non-hydrogen) atoms. The van der Waals surface area contributed by atoms with E-state index in [1.165, 1.54) is 50.3 Å². The fourth-order valence-corrected chi connectivity index (χ4v) is 7.70. The molecule has 8 nitrogen and oxygen atoms in total. The number of carbonyl (C=O) groups excluding carboxylic acids is 2. The van der Waals surface area contributed by atoms with Gasteiger partial charge in [0.05, 0.1) is 19.9 Å². The molecule has 2 amide bonds. The molecule has 4 bridgehead atoms. The summed E-state index contributed by atoms with van der Waals surface area (Å²) in [6, 6.07) is 20.6. The summed E-state index contributed by atoms with van der Waals surface area (Å²) in [5.74, 6) is 3.63. The number of anilines is 1. The second-order valence-corrected chi connectivity index (χ2v) is 12.2. The maximum absolute atomic E-state index is 12.7. The lowest BCUT2D eigenvalue weighted by atomic mass is 9.48. The largest absolute Gasteiger partial charge is 0.497 e. The molecule has 2 N–H and O–H groups in total. The van der Waals surface area contributed by atoms with Gasteiger partial charge in [-0.05, 0) is 128 Å². The van der Waals surface area contributed by atoms with E-state index in [1.54, 1.807) is 49.6 Å². The van der Waals surface area contributed by atoms with Crippen LogP contribution in [0.4, 0.5) is 5.69 Å². The maximum Gasteiger partial charge on any atom is 0.271 e. The first-order valence-electron chi connectivity index (χ1n) is 15.2. The van der Waals surface area contributed by atoms with E-state index in [1.807, 2.05) is 19.1 Å². The van der Waals surface area contributed by atoms with Crippen LogP contribution in [0.15, 0.2) is 71.8 Å². The quantitative estimate of drug-likeness (QED) is 0.203. The van der Waals surface area contributed by atoms with Crippen LogP contribution in [-0.4, -0.2) is 38.4 Å². The van der Waals surface area contributed by atoms with Crippen LogP contribution in [-0.2, 0) is 10.2 Å². The standard InChI is InChI=1S/C35H39N3O5/c1-3-42-32-16-23(21-36-38-34(40)27-5-4-6-30(17-27)41-2)7-12-31(32)43-22-33(39)37-29-10-8-28(9-11-29)35-18-24-13-25(19-35)15-26(14-24)20-35/h4-12,16-17,21,24-26H,3,13-15,18-20,22H2,1-2H3,(H,37,39)(H,38,40)/b36-21-. The van der Waals surface area contributed by atoms with Gasteiger partial charge in [-0.2, -0.15) is 5.10 Å². The van der Waals surface area contributed by atoms with Gasteiger partial charge < -0.3 is 19.5 Å². The molecule has 0 saturated heterocycles. The highest BCUT2D eigenvalue weighted by Gasteiger charge is 2.51. The van der Waals surface area contributed by atoms with Gasteiger partial charge in [0.15, 0.2) is 18.1 Å². The molecular weight excluding hydrogens is 542 g/mol. The molecule has 7 rings (SSSR count). The third kappa shape index (κ3) is 6.53. The van der Waals surface area contributed by atoms with Gasteiger partial charge in [0.2, 0.25) is 0 Å². The van der Waals surface area contributed by atoms with Gasteiger partial charge in [-0.3, -0.25) is 9.59 Å². The monoisotopic (exact) mass is 581 g/mol. The summed E-state index contributed by atoms with van der Waals surface area (Å²) in [4.78, 5) is 25.1. The lowest BCUT2D eigenvalue weighted by Crippen LogP contribution is -2.48. The zero-order chi connectivity index (χ0) is 29.8. The molecule has 0 unspecified atom stereocenters. The minimum atomic E-state index is -0.353. The highest BCUT2D eigenvalue weighted by atomic mass is 16.5. The molecular formula is C35H39N3O5. The number of hydrazone groups is 1. The maximum atomic E-state index is 12.7. The number of nitrogens with zero attached hydrogens (tertiary/aromatic N) is 1. The molecule has 4 saturated carbocycles. The number of hydrogen-bond donors (Lipinski definition) is 2. The third-order valence-electron chi connectivity index (χ3n) is 9.16. The smallest absolute Gasteiger partial charge is 0.271 e. The normalized spacial score (nSPS) is 23.6. The zero-order valence-electron chi connectivity index (χ0n) is 24.8. The van der Waals surface area contributed by atoms with Crippen molar-refractivity contribution in [1.29, 1.82) is 0 Å². The summed E-state index contributed by atoms with van der Waals surface area (Å²) in [6.45, 7) is 2.14. The van der Waals surface area contributed by atoms with Crippen molar-refractivity contribution in [3.05, 3.63) is 83.4 Å². The first kappa shape index (κ1) is 28.8. The van der Waals surface area contributed by atoms with Crippen LogP contribution in [0.25, 0.3) is 0 Å². The Bertz CT molecular complexity index is 1460. The minimum Gasteiger partial charge on any atom is -0.497 e. The predicted octanol–water partition coefficient (Wildman–Crippen LogP) is 6.34. The molecule has 0 atom stereocenters. The van der Waals surface area contributed by atoms with Gasteiger partial charge in [0.25, 0.3) is 11.8 Å². The van der Waals surface area contributed by atoms with Crippen LogP contribution in [0, 0.1) is 17.8 Å². The van der Waals surface area contributed by atoms with Crippen molar-refractivity contribution in [1.82, 2.24) is 5.43 Å². The summed E-state index contributed by atoms with van der Waals surface area (Å²) >= 11 is 0. The van der Waals surface area contributed by atoms with Crippen molar-refractivity contribution in [2.75, 3.05) is 25.6 Å². The van der Waals surface area contributed by atoms with Crippen molar-refractivity contribution in [2.24, 2.45) is 22.9 Å². The number of carbonyl (C=O) groups is 2. The summed E-state index contributed by atoms with van der Waals surface area (Å²) in [6.07, 6.45) is 9.77. The number of benzene rings is 3. The van der Waals surface area contributed by atoms with Gasteiger partial charge in [0, 0.05) is 11.3 Å². The predicted molar refractivity (Wildman–Crippen MR) is 166 cm³/mol. The van der Waals surface area contributed by atoms with Crippen LogP contribution in [0.3, 0.4) is 0 Å². The Kier molecular flexibility index (Phi) is 8.36. The summed E-state index contributed by atoms with van der Waals surface area (Å²) in [5, 5.41) is 7.02. The van der Waals surface area contributed by atoms with Gasteiger partial charge in [-0.15, -0.1) is 0 Å². The topological polar surface area (TPSA) is 98.2 Å². The number of hydrogen-bond acceptors (Lipinski definition) is 6. The number of nitrogens with one attached hydrogen (secondary N) is 2. The van der Waals surface area contributed by atoms with Crippen LogP contribution in [0.1, 0.15) is 66.9 Å². The van der Waals surface area contributed by atoms with E-state index in [0.717, 1.165) is 23.4 Å². The highest BCUT2D eigenvalue weighted by Crippen LogP contribution is 2.60. The Labute approximate surface area is 252 Å². The molecule has 3 aromatic carbocycles. The number of amides is 2. The molecule has 4 fully saturated rings. The molecule has 4 aliphatic rings. The van der Waals surface area contributed by atoms with Crippen LogP contribution in [0.5, 0.6) is 17.2 Å². The zero-order valence-corrected chi connectivity index (χ0v) is 24.8. The van der Waals surface area contributed by atoms with E-state index >= 15 is 0 Å². The minimum absolute atomic E-state index is 0.152. The van der Waals surface area contributed by atoms with Crippen LogP contribution < -0.4 is 25.0 Å². The number of methoxy groups -OCH3 is 1. The van der Waals surface area contributed by atoms with Crippen molar-refractivity contribution in [2.45, 2.75) is 50.9 Å². The molecule has 0 aromatic heterocycles. The van der Waals surface area contributed by atoms with Crippen molar-refractivity contribution < 1.29 is 23.8 Å². The molecule has 3 aromatic rings. The molecule has 4 aliphatic carbocycles. The van der Waals surface area contributed by atoms with E-state index in [4.69, 9.17) is 14.2 Å². The van der Waals surface area contributed by atoms with Gasteiger partial charge >= 0.3 is 0 Å². The second kappa shape index (κ2) is 12.5. The van der Waals surface area contributed by atoms with Crippen molar-refractivity contribution >= 4 is 23.7 Å². The SMILES string of the molecule is CCOc1cc(/C=N\NC(=O)c2cccc(OC)c2)ccc1OCC(=O)Nc1ccc(C23CC4CC(CC(C4)C2)C3)cc1.